The minimum Gasteiger partial charge on any atom is -0.486 e. The number of hydrogen-bond acceptors (Lipinski definition) is 5. The maximum Gasteiger partial charge on any atom is 0.262 e. The van der Waals surface area contributed by atoms with E-state index in [1.807, 2.05) is 6.92 Å². The van der Waals surface area contributed by atoms with Gasteiger partial charge in [-0.2, -0.15) is 0 Å². The molecule has 1 aliphatic rings. The third-order valence-corrected chi connectivity index (χ3v) is 6.26. The number of hydrogen-bond donors (Lipinski definition) is 2. The Bertz CT molecular complexity index is 1260. The van der Waals surface area contributed by atoms with Crippen molar-refractivity contribution in [3.05, 3.63) is 76.8 Å². The molecule has 0 radical (unpaired) electrons. The van der Waals surface area contributed by atoms with E-state index in [1.54, 1.807) is 42.5 Å². The molecule has 1 aliphatic heterocycles. The fourth-order valence-electron chi connectivity index (χ4n) is 3.05. The monoisotopic (exact) mass is 458 g/mol. The first-order valence-corrected chi connectivity index (χ1v) is 11.3. The van der Waals surface area contributed by atoms with Gasteiger partial charge in [0.15, 0.2) is 11.5 Å². The molecule has 3 aromatic rings. The smallest absolute Gasteiger partial charge is 0.262 e. The van der Waals surface area contributed by atoms with Gasteiger partial charge in [-0.15, -0.1) is 0 Å². The molecule has 0 saturated heterocycles. The fourth-order valence-corrected chi connectivity index (χ4v) is 4.29. The van der Waals surface area contributed by atoms with Crippen LogP contribution < -0.4 is 19.5 Å². The lowest BCUT2D eigenvalue weighted by Gasteiger charge is -2.19. The predicted octanol–water partition coefficient (Wildman–Crippen LogP) is 4.47. The Morgan fingerprint density at radius 3 is 2.55 bits per heavy atom. The molecule has 2 N–H and O–H groups in total. The number of benzene rings is 3. The van der Waals surface area contributed by atoms with Crippen LogP contribution in [0.5, 0.6) is 11.5 Å². The summed E-state index contributed by atoms with van der Waals surface area (Å²) in [5, 5.41) is 3.29. The van der Waals surface area contributed by atoms with Crippen molar-refractivity contribution >= 4 is 38.9 Å². The number of nitrogens with one attached hydrogen (secondary N) is 2. The van der Waals surface area contributed by atoms with E-state index in [2.05, 4.69) is 10.0 Å². The van der Waals surface area contributed by atoms with Gasteiger partial charge in [0.1, 0.15) is 13.2 Å². The molecule has 1 amide bonds. The number of rotatable bonds is 5. The molecule has 4 rings (SSSR count). The number of anilines is 2. The molecule has 0 unspecified atom stereocenters. The SMILES string of the molecule is Cc1ccc(Cl)cc1NC(=O)c1cccc(NS(=O)(=O)c2ccc3c(c2)OCCO3)c1. The van der Waals surface area contributed by atoms with Crippen molar-refractivity contribution in [3.8, 4) is 11.5 Å². The van der Waals surface area contributed by atoms with Gasteiger partial charge in [0.05, 0.1) is 4.90 Å². The molecule has 0 bridgehead atoms. The number of halogens is 1. The summed E-state index contributed by atoms with van der Waals surface area (Å²) >= 11 is 6.00. The Kier molecular flexibility index (Phi) is 5.75. The number of aryl methyl sites for hydroxylation is 1. The minimum absolute atomic E-state index is 0.0288. The summed E-state index contributed by atoms with van der Waals surface area (Å²) in [6, 6.07) is 15.8. The number of carbonyl (C=O) groups excluding carboxylic acids is 1. The van der Waals surface area contributed by atoms with E-state index < -0.39 is 10.0 Å². The van der Waals surface area contributed by atoms with Crippen LogP contribution in [-0.4, -0.2) is 27.5 Å². The van der Waals surface area contributed by atoms with Crippen molar-refractivity contribution < 1.29 is 22.7 Å². The molecule has 7 nitrogen and oxygen atoms in total. The third-order valence-electron chi connectivity index (χ3n) is 4.65. The Labute approximate surface area is 185 Å². The zero-order chi connectivity index (χ0) is 22.0. The lowest BCUT2D eigenvalue weighted by molar-refractivity contribution is 0.102. The zero-order valence-corrected chi connectivity index (χ0v) is 18.1. The normalized spacial score (nSPS) is 12.8. The molecular formula is C22H19ClN2O5S. The summed E-state index contributed by atoms with van der Waals surface area (Å²) in [5.41, 5.74) is 1.99. The maximum absolute atomic E-state index is 12.8. The maximum atomic E-state index is 12.8. The van der Waals surface area contributed by atoms with E-state index in [0.29, 0.717) is 41.0 Å². The summed E-state index contributed by atoms with van der Waals surface area (Å²) in [7, 11) is -3.90. The van der Waals surface area contributed by atoms with Crippen LogP contribution in [0.3, 0.4) is 0 Å². The summed E-state index contributed by atoms with van der Waals surface area (Å²) in [5.74, 6) is 0.491. The number of fused-ring (bicyclic) bond motifs is 1. The van der Waals surface area contributed by atoms with Gasteiger partial charge in [-0.1, -0.05) is 23.7 Å². The van der Waals surface area contributed by atoms with E-state index in [-0.39, 0.29) is 16.5 Å². The van der Waals surface area contributed by atoms with Gasteiger partial charge < -0.3 is 14.8 Å². The molecule has 3 aromatic carbocycles. The first-order valence-electron chi connectivity index (χ1n) is 9.42. The van der Waals surface area contributed by atoms with Gasteiger partial charge in [-0.25, -0.2) is 8.42 Å². The second-order valence-corrected chi connectivity index (χ2v) is 9.02. The fraction of sp³-hybridized carbons (Fsp3) is 0.136. The van der Waals surface area contributed by atoms with Crippen LogP contribution in [0.25, 0.3) is 0 Å². The number of sulfonamides is 1. The Morgan fingerprint density at radius 2 is 1.74 bits per heavy atom. The number of carbonyl (C=O) groups is 1. The quantitative estimate of drug-likeness (QED) is 0.588. The average Bonchev–Trinajstić information content (AvgIpc) is 2.76. The zero-order valence-electron chi connectivity index (χ0n) is 16.5. The van der Waals surface area contributed by atoms with Crippen LogP contribution in [-0.2, 0) is 10.0 Å². The Hall–Kier alpha value is -3.23. The number of amides is 1. The van der Waals surface area contributed by atoms with Crippen molar-refractivity contribution in [2.45, 2.75) is 11.8 Å². The topological polar surface area (TPSA) is 93.7 Å². The molecule has 160 valence electrons. The van der Waals surface area contributed by atoms with Crippen LogP contribution in [0, 0.1) is 6.92 Å². The van der Waals surface area contributed by atoms with Crippen molar-refractivity contribution in [2.24, 2.45) is 0 Å². The van der Waals surface area contributed by atoms with Crippen LogP contribution >= 0.6 is 11.6 Å². The van der Waals surface area contributed by atoms with E-state index >= 15 is 0 Å². The Morgan fingerprint density at radius 1 is 0.968 bits per heavy atom. The van der Waals surface area contributed by atoms with E-state index in [1.165, 1.54) is 18.2 Å². The van der Waals surface area contributed by atoms with Crippen molar-refractivity contribution in [1.29, 1.82) is 0 Å². The van der Waals surface area contributed by atoms with Crippen LogP contribution in [0.15, 0.2) is 65.6 Å². The summed E-state index contributed by atoms with van der Waals surface area (Å²) in [6.45, 7) is 2.62. The molecule has 0 aliphatic carbocycles. The van der Waals surface area contributed by atoms with Gasteiger partial charge in [0.25, 0.3) is 15.9 Å². The highest BCUT2D eigenvalue weighted by atomic mass is 35.5. The molecule has 0 spiro atoms. The van der Waals surface area contributed by atoms with Crippen molar-refractivity contribution in [3.63, 3.8) is 0 Å². The molecule has 31 heavy (non-hydrogen) atoms. The van der Waals surface area contributed by atoms with E-state index in [9.17, 15) is 13.2 Å². The molecule has 0 fully saturated rings. The minimum atomic E-state index is -3.90. The molecule has 1 heterocycles. The first kappa shape index (κ1) is 21.0. The third kappa shape index (κ3) is 4.76. The van der Waals surface area contributed by atoms with Crippen molar-refractivity contribution in [2.75, 3.05) is 23.3 Å². The van der Waals surface area contributed by atoms with E-state index in [4.69, 9.17) is 21.1 Å². The second kappa shape index (κ2) is 8.49. The van der Waals surface area contributed by atoms with Crippen LogP contribution in [0.4, 0.5) is 11.4 Å². The second-order valence-electron chi connectivity index (χ2n) is 6.91. The first-order chi connectivity index (χ1) is 14.8. The predicted molar refractivity (Wildman–Crippen MR) is 119 cm³/mol. The highest BCUT2D eigenvalue weighted by Crippen LogP contribution is 2.32. The lowest BCUT2D eigenvalue weighted by atomic mass is 10.1. The highest BCUT2D eigenvalue weighted by molar-refractivity contribution is 7.92. The highest BCUT2D eigenvalue weighted by Gasteiger charge is 2.20. The average molecular weight is 459 g/mol. The van der Waals surface area contributed by atoms with Gasteiger partial charge in [0.2, 0.25) is 0 Å². The van der Waals surface area contributed by atoms with E-state index in [0.717, 1.165) is 5.56 Å². The summed E-state index contributed by atoms with van der Waals surface area (Å²) in [6.07, 6.45) is 0. The summed E-state index contributed by atoms with van der Waals surface area (Å²) in [4.78, 5) is 12.7. The molecule has 0 atom stereocenters. The van der Waals surface area contributed by atoms with Crippen LogP contribution in [0.1, 0.15) is 15.9 Å². The largest absolute Gasteiger partial charge is 0.486 e. The summed E-state index contributed by atoms with van der Waals surface area (Å²) < 4.78 is 39.0. The van der Waals surface area contributed by atoms with Crippen LogP contribution in [0.2, 0.25) is 5.02 Å². The molecule has 0 saturated carbocycles. The number of ether oxygens (including phenoxy) is 2. The van der Waals surface area contributed by atoms with Gasteiger partial charge >= 0.3 is 0 Å². The lowest BCUT2D eigenvalue weighted by Crippen LogP contribution is -2.18. The van der Waals surface area contributed by atoms with Gasteiger partial charge in [0, 0.05) is 28.0 Å². The van der Waals surface area contributed by atoms with Crippen molar-refractivity contribution in [1.82, 2.24) is 0 Å². The molecule has 0 aromatic heterocycles. The van der Waals surface area contributed by atoms with Gasteiger partial charge in [-0.05, 0) is 55.0 Å². The molecule has 9 heteroatoms. The standard InChI is InChI=1S/C22H19ClN2O5S/c1-14-5-6-16(23)12-19(14)24-22(26)15-3-2-4-17(11-15)25-31(27,28)18-7-8-20-21(13-18)30-10-9-29-20/h2-8,11-13,25H,9-10H2,1H3,(H,24,26). The molecular weight excluding hydrogens is 440 g/mol. The van der Waals surface area contributed by atoms with Gasteiger partial charge in [-0.3, -0.25) is 9.52 Å². The Balaban J connectivity index is 1.54.